The average Bonchev–Trinajstić information content (AvgIpc) is 3.55. The normalized spacial score (nSPS) is 20.6. The number of piperidine rings is 1. The first kappa shape index (κ1) is 30.4. The van der Waals surface area contributed by atoms with Crippen molar-refractivity contribution in [3.05, 3.63) is 58.7 Å². The lowest BCUT2D eigenvalue weighted by Gasteiger charge is -2.42. The molecule has 0 bridgehead atoms. The summed E-state index contributed by atoms with van der Waals surface area (Å²) in [6.45, 7) is 9.09. The van der Waals surface area contributed by atoms with E-state index in [1.807, 2.05) is 28.3 Å². The molecule has 9 nitrogen and oxygen atoms in total. The number of likely N-dealkylation sites (tertiary alicyclic amines) is 1. The molecule has 0 radical (unpaired) electrons. The maximum atomic E-state index is 14.2. The lowest BCUT2D eigenvalue weighted by molar-refractivity contribution is -0.0611. The van der Waals surface area contributed by atoms with Crippen LogP contribution in [0.2, 0.25) is 0 Å². The summed E-state index contributed by atoms with van der Waals surface area (Å²) in [7, 11) is 1.97. The molecule has 2 aromatic heterocycles. The number of hydrogen-bond acceptors (Lipinski definition) is 9. The molecule has 11 heteroatoms. The third kappa shape index (κ3) is 5.93. The lowest BCUT2D eigenvalue weighted by Crippen LogP contribution is -2.49. The molecule has 1 aromatic carbocycles. The second kappa shape index (κ2) is 12.8. The van der Waals surface area contributed by atoms with Crippen LogP contribution in [-0.2, 0) is 30.2 Å². The van der Waals surface area contributed by atoms with E-state index in [1.165, 1.54) is 23.3 Å². The van der Waals surface area contributed by atoms with Crippen LogP contribution in [-0.4, -0.2) is 81.7 Å². The van der Waals surface area contributed by atoms with Crippen LogP contribution in [0.1, 0.15) is 65.6 Å². The van der Waals surface area contributed by atoms with Crippen LogP contribution in [0.5, 0.6) is 0 Å². The fourth-order valence-electron chi connectivity index (χ4n) is 6.76. The highest BCUT2D eigenvalue weighted by molar-refractivity contribution is 7.98. The maximum absolute atomic E-state index is 14.2. The van der Waals surface area contributed by atoms with Gasteiger partial charge in [-0.1, -0.05) is 6.92 Å². The van der Waals surface area contributed by atoms with Crippen molar-refractivity contribution in [3.8, 4) is 0 Å². The van der Waals surface area contributed by atoms with E-state index >= 15 is 0 Å². The maximum Gasteiger partial charge on any atom is 0.260 e. The Hall–Kier alpha value is -2.60. The topological polar surface area (TPSA) is 88.4 Å². The van der Waals surface area contributed by atoms with Gasteiger partial charge < -0.3 is 14.6 Å². The van der Waals surface area contributed by atoms with Crippen LogP contribution in [0.4, 0.5) is 11.6 Å². The minimum absolute atomic E-state index is 0.0290. The van der Waals surface area contributed by atoms with Crippen molar-refractivity contribution in [1.29, 1.82) is 0 Å². The van der Waals surface area contributed by atoms with Gasteiger partial charge in [-0.3, -0.25) is 14.6 Å². The minimum atomic E-state index is -0.244. The fraction of sp³-hybridized carbons (Fsp3) is 0.562. The molecule has 2 saturated heterocycles. The van der Waals surface area contributed by atoms with Gasteiger partial charge in [0.25, 0.3) is 5.91 Å². The Bertz CT molecular complexity index is 1470. The monoisotopic (exact) mass is 621 g/mol. The summed E-state index contributed by atoms with van der Waals surface area (Å²) in [5, 5.41) is 11.8. The molecule has 2 fully saturated rings. The second-order valence-corrected chi connectivity index (χ2v) is 14.1. The summed E-state index contributed by atoms with van der Waals surface area (Å²) < 4.78 is 7.74. The van der Waals surface area contributed by atoms with E-state index in [0.717, 1.165) is 53.7 Å². The summed E-state index contributed by atoms with van der Waals surface area (Å²) in [6, 6.07) is 9.03. The number of rotatable bonds is 11. The molecule has 1 N–H and O–H groups in total. The predicted molar refractivity (Wildman–Crippen MR) is 175 cm³/mol. The van der Waals surface area contributed by atoms with Gasteiger partial charge in [0.2, 0.25) is 0 Å². The highest BCUT2D eigenvalue weighted by Crippen LogP contribution is 2.41. The number of pyridine rings is 1. The Balaban J connectivity index is 1.35. The van der Waals surface area contributed by atoms with Gasteiger partial charge in [-0.15, -0.1) is 22.0 Å². The molecule has 1 amide bonds. The SMILES string of the molecule is CCNc1cc(C2(Cc3nncn3C)COC2)cc(N2Cc3c(SC)cc(C(CSC)N4CCC[C@H](C)C4)cc3C2=O)n1. The van der Waals surface area contributed by atoms with E-state index in [1.54, 1.807) is 18.1 Å². The molecule has 230 valence electrons. The molecule has 6 rings (SSSR count). The smallest absolute Gasteiger partial charge is 0.260 e. The van der Waals surface area contributed by atoms with Crippen molar-refractivity contribution in [2.45, 2.75) is 56.0 Å². The summed E-state index contributed by atoms with van der Waals surface area (Å²) in [5.74, 6) is 4.11. The molecule has 43 heavy (non-hydrogen) atoms. The molecule has 1 unspecified atom stereocenters. The van der Waals surface area contributed by atoms with Gasteiger partial charge in [0.15, 0.2) is 0 Å². The highest BCUT2D eigenvalue weighted by atomic mass is 32.2. The van der Waals surface area contributed by atoms with Crippen molar-refractivity contribution in [2.24, 2.45) is 13.0 Å². The number of anilines is 2. The molecule has 0 saturated carbocycles. The van der Waals surface area contributed by atoms with Gasteiger partial charge in [0, 0.05) is 54.2 Å². The summed E-state index contributed by atoms with van der Waals surface area (Å²) in [6.07, 6.45) is 9.27. The number of aryl methyl sites for hydroxylation is 1. The summed E-state index contributed by atoms with van der Waals surface area (Å²) in [5.41, 5.74) is 4.04. The Morgan fingerprint density at radius 1 is 1.21 bits per heavy atom. The van der Waals surface area contributed by atoms with Crippen LogP contribution >= 0.6 is 23.5 Å². The fourth-order valence-corrected chi connectivity index (χ4v) is 8.15. The van der Waals surface area contributed by atoms with Crippen LogP contribution < -0.4 is 10.2 Å². The Kier molecular flexibility index (Phi) is 9.05. The minimum Gasteiger partial charge on any atom is -0.379 e. The molecule has 3 aliphatic rings. The van der Waals surface area contributed by atoms with Gasteiger partial charge in [-0.05, 0) is 85.7 Å². The van der Waals surface area contributed by atoms with E-state index in [0.29, 0.717) is 44.0 Å². The second-order valence-electron chi connectivity index (χ2n) is 12.3. The van der Waals surface area contributed by atoms with Crippen molar-refractivity contribution in [2.75, 3.05) is 61.3 Å². The Morgan fingerprint density at radius 3 is 2.70 bits per heavy atom. The van der Waals surface area contributed by atoms with E-state index in [-0.39, 0.29) is 11.3 Å². The number of aromatic nitrogens is 4. The number of carbonyl (C=O) groups is 1. The molecule has 2 atom stereocenters. The summed E-state index contributed by atoms with van der Waals surface area (Å²) in [4.78, 5) is 24.9. The Labute approximate surface area is 263 Å². The average molecular weight is 622 g/mol. The number of benzene rings is 1. The van der Waals surface area contributed by atoms with Gasteiger partial charge in [0.1, 0.15) is 23.8 Å². The zero-order chi connectivity index (χ0) is 30.1. The number of hydrogen-bond donors (Lipinski definition) is 1. The lowest BCUT2D eigenvalue weighted by atomic mass is 9.75. The Morgan fingerprint density at radius 2 is 2.05 bits per heavy atom. The van der Waals surface area contributed by atoms with E-state index < -0.39 is 0 Å². The standard InChI is InChI=1S/C32H43N7O2S2/c1-6-33-28-12-23(32(18-41-19-32)14-30-36-34-20-37(30)3)13-29(35-28)39-16-25-24(31(39)40)10-22(11-27(25)43-5)26(17-42-4)38-9-7-8-21(2)15-38/h10-13,20-21,26H,6-9,14-19H2,1-5H3,(H,33,35)/t21-,26?/m0/s1. The van der Waals surface area contributed by atoms with Crippen molar-refractivity contribution in [1.82, 2.24) is 24.6 Å². The predicted octanol–water partition coefficient (Wildman–Crippen LogP) is 5.17. The number of ether oxygens (including phenoxy) is 1. The van der Waals surface area contributed by atoms with Crippen molar-refractivity contribution < 1.29 is 9.53 Å². The van der Waals surface area contributed by atoms with Gasteiger partial charge in [-0.25, -0.2) is 4.98 Å². The molecule has 0 spiro atoms. The van der Waals surface area contributed by atoms with E-state index in [4.69, 9.17) is 9.72 Å². The first-order valence-corrected chi connectivity index (χ1v) is 17.9. The third-order valence-electron chi connectivity index (χ3n) is 9.20. The zero-order valence-corrected chi connectivity index (χ0v) is 27.6. The van der Waals surface area contributed by atoms with E-state index in [2.05, 4.69) is 71.0 Å². The van der Waals surface area contributed by atoms with Crippen LogP contribution in [0.3, 0.4) is 0 Å². The molecule has 3 aromatic rings. The van der Waals surface area contributed by atoms with Gasteiger partial charge in [0.05, 0.1) is 19.8 Å². The molecule has 0 aliphatic carbocycles. The first-order valence-electron chi connectivity index (χ1n) is 15.3. The largest absolute Gasteiger partial charge is 0.379 e. The first-order chi connectivity index (χ1) is 20.9. The number of thioether (sulfide) groups is 2. The van der Waals surface area contributed by atoms with Gasteiger partial charge in [-0.2, -0.15) is 11.8 Å². The molecular formula is C32H43N7O2S2. The van der Waals surface area contributed by atoms with Crippen molar-refractivity contribution in [3.63, 3.8) is 0 Å². The third-order valence-corrected chi connectivity index (χ3v) is 10.7. The quantitative estimate of drug-likeness (QED) is 0.291. The summed E-state index contributed by atoms with van der Waals surface area (Å²) >= 11 is 3.62. The van der Waals surface area contributed by atoms with E-state index in [9.17, 15) is 4.79 Å². The van der Waals surface area contributed by atoms with Crippen LogP contribution in [0.15, 0.2) is 35.5 Å². The van der Waals surface area contributed by atoms with Crippen molar-refractivity contribution >= 4 is 41.1 Å². The molecular weight excluding hydrogens is 579 g/mol. The number of amides is 1. The molecule has 5 heterocycles. The van der Waals surface area contributed by atoms with Gasteiger partial charge >= 0.3 is 0 Å². The number of carbonyl (C=O) groups excluding carboxylic acids is 1. The van der Waals surface area contributed by atoms with Crippen LogP contribution in [0.25, 0.3) is 0 Å². The molecule has 3 aliphatic heterocycles. The number of nitrogens with one attached hydrogen (secondary N) is 1. The highest BCUT2D eigenvalue weighted by Gasteiger charge is 2.43. The van der Waals surface area contributed by atoms with Crippen LogP contribution in [0, 0.1) is 5.92 Å². The number of fused-ring (bicyclic) bond motifs is 1. The number of nitrogens with zero attached hydrogens (tertiary/aromatic N) is 6. The zero-order valence-electron chi connectivity index (χ0n) is 25.9.